The SMILES string of the molecule is CCc1cnc(N2[C@H](CO)[C@H](c3ccc(C#CCC4CCCC4)cc3)[C@@H]2C#N)s1. The highest BCUT2D eigenvalue weighted by molar-refractivity contribution is 7.15. The van der Waals surface area contributed by atoms with Crippen molar-refractivity contribution in [1.29, 1.82) is 5.26 Å². The number of aryl methyl sites for hydroxylation is 1. The van der Waals surface area contributed by atoms with Crippen molar-refractivity contribution < 1.29 is 5.11 Å². The van der Waals surface area contributed by atoms with E-state index in [0.717, 1.165) is 35.0 Å². The number of aliphatic hydroxyl groups excluding tert-OH is 1. The van der Waals surface area contributed by atoms with Crippen molar-refractivity contribution in [1.82, 2.24) is 4.98 Å². The normalized spacial score (nSPS) is 23.9. The maximum Gasteiger partial charge on any atom is 0.186 e. The van der Waals surface area contributed by atoms with E-state index in [2.05, 4.69) is 42.0 Å². The minimum Gasteiger partial charge on any atom is -0.394 e. The zero-order chi connectivity index (χ0) is 20.2. The predicted molar refractivity (Wildman–Crippen MR) is 117 cm³/mol. The van der Waals surface area contributed by atoms with Gasteiger partial charge in [-0.1, -0.05) is 43.7 Å². The highest BCUT2D eigenvalue weighted by Crippen LogP contribution is 2.44. The summed E-state index contributed by atoms with van der Waals surface area (Å²) >= 11 is 1.61. The van der Waals surface area contributed by atoms with E-state index in [0.29, 0.717) is 0 Å². The molecule has 5 heteroatoms. The van der Waals surface area contributed by atoms with Crippen LogP contribution in [0.3, 0.4) is 0 Å². The van der Waals surface area contributed by atoms with E-state index in [1.807, 2.05) is 23.2 Å². The molecular formula is C24H27N3OS. The van der Waals surface area contributed by atoms with E-state index < -0.39 is 0 Å². The third kappa shape index (κ3) is 4.04. The lowest BCUT2D eigenvalue weighted by Gasteiger charge is -2.51. The lowest BCUT2D eigenvalue weighted by molar-refractivity contribution is 0.187. The molecule has 1 aromatic carbocycles. The van der Waals surface area contributed by atoms with Gasteiger partial charge in [0.15, 0.2) is 5.13 Å². The van der Waals surface area contributed by atoms with Crippen molar-refractivity contribution in [2.24, 2.45) is 5.92 Å². The van der Waals surface area contributed by atoms with Crippen LogP contribution in [-0.4, -0.2) is 28.8 Å². The summed E-state index contributed by atoms with van der Waals surface area (Å²) in [7, 11) is 0. The van der Waals surface area contributed by atoms with E-state index in [4.69, 9.17) is 0 Å². The molecule has 1 aliphatic heterocycles. The van der Waals surface area contributed by atoms with Crippen molar-refractivity contribution in [3.05, 3.63) is 46.5 Å². The van der Waals surface area contributed by atoms with Crippen molar-refractivity contribution in [3.63, 3.8) is 0 Å². The minimum atomic E-state index is -0.303. The van der Waals surface area contributed by atoms with Crippen LogP contribution in [0.15, 0.2) is 30.5 Å². The summed E-state index contributed by atoms with van der Waals surface area (Å²) in [6.07, 6.45) is 9.15. The largest absolute Gasteiger partial charge is 0.394 e. The standard InChI is InChI=1S/C24H27N3OS/c1-2-20-15-26-24(29-20)27-21(14-25)23(22(27)16-28)19-12-10-18(11-13-19)9-5-8-17-6-3-4-7-17/h10-13,15,17,21-23,28H,2-4,6-8,16H2,1H3/t21-,22+,23+/m0/s1. The van der Waals surface area contributed by atoms with Crippen LogP contribution in [0, 0.1) is 29.1 Å². The number of nitriles is 1. The molecule has 29 heavy (non-hydrogen) atoms. The van der Waals surface area contributed by atoms with E-state index in [-0.39, 0.29) is 24.6 Å². The number of aromatic nitrogens is 1. The Hall–Kier alpha value is -2.34. The molecule has 0 unspecified atom stereocenters. The maximum atomic E-state index is 10.0. The van der Waals surface area contributed by atoms with Gasteiger partial charge in [-0.05, 0) is 42.9 Å². The molecule has 0 spiro atoms. The molecule has 150 valence electrons. The highest BCUT2D eigenvalue weighted by atomic mass is 32.1. The quantitative estimate of drug-likeness (QED) is 0.745. The van der Waals surface area contributed by atoms with E-state index >= 15 is 0 Å². The molecule has 1 aromatic heterocycles. The van der Waals surface area contributed by atoms with Gasteiger partial charge in [-0.2, -0.15) is 5.26 Å². The zero-order valence-electron chi connectivity index (χ0n) is 16.8. The summed E-state index contributed by atoms with van der Waals surface area (Å²) in [4.78, 5) is 7.65. The van der Waals surface area contributed by atoms with Crippen LogP contribution >= 0.6 is 11.3 Å². The van der Waals surface area contributed by atoms with Gasteiger partial charge < -0.3 is 10.0 Å². The topological polar surface area (TPSA) is 60.1 Å². The van der Waals surface area contributed by atoms with Gasteiger partial charge in [0.2, 0.25) is 0 Å². The molecule has 0 amide bonds. The summed E-state index contributed by atoms with van der Waals surface area (Å²) in [5.74, 6) is 7.39. The third-order valence-corrected chi connectivity index (χ3v) is 7.39. The lowest BCUT2D eigenvalue weighted by Crippen LogP contribution is -2.63. The summed E-state index contributed by atoms with van der Waals surface area (Å²) in [5, 5.41) is 20.6. The molecule has 1 saturated carbocycles. The van der Waals surface area contributed by atoms with Crippen molar-refractivity contribution >= 4 is 16.5 Å². The molecule has 4 nitrogen and oxygen atoms in total. The molecule has 1 saturated heterocycles. The van der Waals surface area contributed by atoms with Crippen LogP contribution in [0.4, 0.5) is 5.13 Å². The zero-order valence-corrected chi connectivity index (χ0v) is 17.7. The number of thiazole rings is 1. The Bertz CT molecular complexity index is 928. The first-order valence-corrected chi connectivity index (χ1v) is 11.4. The van der Waals surface area contributed by atoms with Gasteiger partial charge >= 0.3 is 0 Å². The summed E-state index contributed by atoms with van der Waals surface area (Å²) in [5.41, 5.74) is 2.10. The van der Waals surface area contributed by atoms with Crippen LogP contribution in [0.2, 0.25) is 0 Å². The van der Waals surface area contributed by atoms with Gasteiger partial charge in [0, 0.05) is 29.0 Å². The fourth-order valence-electron chi connectivity index (χ4n) is 4.55. The van der Waals surface area contributed by atoms with Gasteiger partial charge in [0.05, 0.1) is 18.7 Å². The molecule has 0 radical (unpaired) electrons. The monoisotopic (exact) mass is 405 g/mol. The van der Waals surface area contributed by atoms with E-state index in [9.17, 15) is 10.4 Å². The van der Waals surface area contributed by atoms with Crippen LogP contribution < -0.4 is 4.90 Å². The average molecular weight is 406 g/mol. The Balaban J connectivity index is 1.47. The molecule has 0 bridgehead atoms. The molecule has 1 aliphatic carbocycles. The maximum absolute atomic E-state index is 10.0. The Morgan fingerprint density at radius 3 is 2.62 bits per heavy atom. The second-order valence-corrected chi connectivity index (χ2v) is 9.09. The molecule has 2 aliphatic rings. The third-order valence-electron chi connectivity index (χ3n) is 6.24. The molecular weight excluding hydrogens is 378 g/mol. The van der Waals surface area contributed by atoms with Crippen molar-refractivity contribution in [3.8, 4) is 17.9 Å². The second kappa shape index (κ2) is 8.99. The van der Waals surface area contributed by atoms with Gasteiger partial charge in [-0.15, -0.1) is 11.3 Å². The Kier molecular flexibility index (Phi) is 6.19. The lowest BCUT2D eigenvalue weighted by atomic mass is 9.76. The summed E-state index contributed by atoms with van der Waals surface area (Å²) in [6, 6.07) is 10.2. The summed E-state index contributed by atoms with van der Waals surface area (Å²) in [6.45, 7) is 2.10. The van der Waals surface area contributed by atoms with Gasteiger partial charge in [0.25, 0.3) is 0 Å². The van der Waals surface area contributed by atoms with Crippen LogP contribution in [0.25, 0.3) is 0 Å². The van der Waals surface area contributed by atoms with Gasteiger partial charge in [-0.25, -0.2) is 4.98 Å². The van der Waals surface area contributed by atoms with E-state index in [1.165, 1.54) is 30.6 Å². The molecule has 1 N–H and O–H groups in total. The number of hydrogen-bond donors (Lipinski definition) is 1. The van der Waals surface area contributed by atoms with Crippen LogP contribution in [0.5, 0.6) is 0 Å². The Labute approximate surface area is 177 Å². The summed E-state index contributed by atoms with van der Waals surface area (Å²) < 4.78 is 0. The smallest absolute Gasteiger partial charge is 0.186 e. The Morgan fingerprint density at radius 1 is 1.24 bits per heavy atom. The van der Waals surface area contributed by atoms with Crippen molar-refractivity contribution in [2.75, 3.05) is 11.5 Å². The number of hydrogen-bond acceptors (Lipinski definition) is 5. The number of aliphatic hydroxyl groups is 1. The fraction of sp³-hybridized carbons (Fsp3) is 0.500. The fourth-order valence-corrected chi connectivity index (χ4v) is 5.50. The molecule has 2 aromatic rings. The van der Waals surface area contributed by atoms with Gasteiger partial charge in [0.1, 0.15) is 6.04 Å². The van der Waals surface area contributed by atoms with Crippen molar-refractivity contribution in [2.45, 2.75) is 63.5 Å². The number of nitrogens with zero attached hydrogens (tertiary/aromatic N) is 3. The number of benzene rings is 1. The van der Waals surface area contributed by atoms with E-state index in [1.54, 1.807) is 11.3 Å². The van der Waals surface area contributed by atoms with Crippen LogP contribution in [0.1, 0.15) is 60.9 Å². The first-order valence-electron chi connectivity index (χ1n) is 10.6. The molecule has 3 atom stereocenters. The number of anilines is 1. The van der Waals surface area contributed by atoms with Gasteiger partial charge in [-0.3, -0.25) is 0 Å². The molecule has 2 fully saturated rings. The minimum absolute atomic E-state index is 0.00678. The molecule has 4 rings (SSSR count). The molecule has 2 heterocycles. The first-order chi connectivity index (χ1) is 14.2. The average Bonchev–Trinajstić information content (AvgIpc) is 3.41. The Morgan fingerprint density at radius 2 is 2.00 bits per heavy atom. The predicted octanol–water partition coefficient (Wildman–Crippen LogP) is 4.49. The number of rotatable bonds is 5. The first kappa shape index (κ1) is 20.0. The van der Waals surface area contributed by atoms with Crippen LogP contribution in [-0.2, 0) is 6.42 Å². The highest BCUT2D eigenvalue weighted by Gasteiger charge is 2.50. The second-order valence-electron chi connectivity index (χ2n) is 8.00.